The van der Waals surface area contributed by atoms with Gasteiger partial charge >= 0.3 is 0 Å². The van der Waals surface area contributed by atoms with E-state index in [0.717, 1.165) is 5.75 Å². The van der Waals surface area contributed by atoms with E-state index < -0.39 is 7.49 Å². The van der Waals surface area contributed by atoms with Crippen LogP contribution in [0.15, 0.2) is 30.3 Å². The van der Waals surface area contributed by atoms with Gasteiger partial charge in [0.25, 0.3) is 0 Å². The van der Waals surface area contributed by atoms with Gasteiger partial charge in [-0.15, -0.1) is 12.4 Å². The lowest BCUT2D eigenvalue weighted by Gasteiger charge is -2.17. The molecule has 0 heterocycles. The Bertz CT molecular complexity index is 262. The minimum atomic E-state index is -1.18. The molecule has 0 radical (unpaired) electrons. The zero-order valence-corrected chi connectivity index (χ0v) is 11.5. The first-order valence-electron chi connectivity index (χ1n) is 5.22. The quantitative estimate of drug-likeness (QED) is 0.697. The molecule has 0 amide bonds. The van der Waals surface area contributed by atoms with Gasteiger partial charge in [-0.3, -0.25) is 0 Å². The first kappa shape index (κ1) is 14.7. The average Bonchev–Trinajstić information content (AvgIpc) is 2.16. The van der Waals surface area contributed by atoms with E-state index in [1.165, 1.54) is 19.0 Å². The molecule has 86 valence electrons. The van der Waals surface area contributed by atoms with Crippen molar-refractivity contribution in [2.24, 2.45) is 0 Å². The van der Waals surface area contributed by atoms with Crippen molar-refractivity contribution >= 4 is 19.9 Å². The largest absolute Gasteiger partial charge is 0.351 e. The van der Waals surface area contributed by atoms with Gasteiger partial charge in [0.1, 0.15) is 0 Å². The van der Waals surface area contributed by atoms with Crippen LogP contribution < -0.4 is 4.52 Å². The monoisotopic (exact) mass is 247 g/mol. The van der Waals surface area contributed by atoms with Crippen LogP contribution >= 0.6 is 19.9 Å². The van der Waals surface area contributed by atoms with Crippen molar-refractivity contribution in [2.75, 3.05) is 19.5 Å². The van der Waals surface area contributed by atoms with Gasteiger partial charge in [-0.25, -0.2) is 0 Å². The van der Waals surface area contributed by atoms with E-state index in [0.29, 0.717) is 0 Å². The average molecular weight is 248 g/mol. The molecule has 0 aromatic heterocycles. The first-order chi connectivity index (χ1) is 6.64. The van der Waals surface area contributed by atoms with Gasteiger partial charge in [-0.2, -0.15) is 0 Å². The van der Waals surface area contributed by atoms with E-state index in [1.54, 1.807) is 0 Å². The highest BCUT2D eigenvalue weighted by Gasteiger charge is 2.27. The van der Waals surface area contributed by atoms with Crippen molar-refractivity contribution in [1.82, 2.24) is 0 Å². The van der Waals surface area contributed by atoms with Crippen LogP contribution in [0.2, 0.25) is 0 Å². The van der Waals surface area contributed by atoms with Crippen molar-refractivity contribution < 1.29 is 4.52 Å². The molecule has 0 saturated heterocycles. The van der Waals surface area contributed by atoms with Crippen LogP contribution in [-0.2, 0) is 0 Å². The second-order valence-electron chi connectivity index (χ2n) is 4.06. The molecule has 0 saturated carbocycles. The molecule has 0 aliphatic carbocycles. The summed E-state index contributed by atoms with van der Waals surface area (Å²) < 4.78 is 6.02. The molecule has 15 heavy (non-hydrogen) atoms. The van der Waals surface area contributed by atoms with Crippen LogP contribution in [0.4, 0.5) is 0 Å². The molecule has 1 aromatic carbocycles. The minimum Gasteiger partial charge on any atom is -0.351 e. The first-order valence-corrected chi connectivity index (χ1v) is 8.00. The molecule has 0 N–H and O–H groups in total. The van der Waals surface area contributed by atoms with Gasteiger partial charge in [0.2, 0.25) is 0 Å². The fourth-order valence-corrected chi connectivity index (χ4v) is 3.21. The Morgan fingerprint density at radius 2 is 1.73 bits per heavy atom. The maximum absolute atomic E-state index is 6.02. The molecule has 3 heteroatoms. The normalized spacial score (nSPS) is 10.6. The van der Waals surface area contributed by atoms with Gasteiger partial charge < -0.3 is 4.52 Å². The molecule has 1 aromatic rings. The van der Waals surface area contributed by atoms with Crippen molar-refractivity contribution in [1.29, 1.82) is 0 Å². The van der Waals surface area contributed by atoms with E-state index in [1.807, 2.05) is 30.3 Å². The van der Waals surface area contributed by atoms with E-state index in [4.69, 9.17) is 4.52 Å². The second kappa shape index (κ2) is 7.09. The number of para-hydroxylation sites is 1. The third-order valence-electron chi connectivity index (χ3n) is 2.15. The molecule has 0 fully saturated rings. The fraction of sp³-hybridized carbons (Fsp3) is 0.500. The minimum absolute atomic E-state index is 0. The zero-order chi connectivity index (χ0) is 10.4. The SMILES string of the molecule is CCCC[P+](C)(C)Oc1ccccc1.Cl. The topological polar surface area (TPSA) is 9.23 Å². The van der Waals surface area contributed by atoms with E-state index in [-0.39, 0.29) is 12.4 Å². The smallest absolute Gasteiger partial charge is 0.185 e. The van der Waals surface area contributed by atoms with E-state index in [2.05, 4.69) is 20.3 Å². The molecule has 1 rings (SSSR count). The summed E-state index contributed by atoms with van der Waals surface area (Å²) in [6.45, 7) is 6.74. The van der Waals surface area contributed by atoms with Gasteiger partial charge in [0.05, 0.1) is 19.5 Å². The van der Waals surface area contributed by atoms with Crippen molar-refractivity contribution in [2.45, 2.75) is 19.8 Å². The van der Waals surface area contributed by atoms with Crippen LogP contribution in [-0.4, -0.2) is 19.5 Å². The van der Waals surface area contributed by atoms with Crippen LogP contribution in [0, 0.1) is 0 Å². The Morgan fingerprint density at radius 3 is 2.27 bits per heavy atom. The van der Waals surface area contributed by atoms with Gasteiger partial charge in [0, 0.05) is 0 Å². The number of rotatable bonds is 5. The Labute approximate surface area is 100 Å². The van der Waals surface area contributed by atoms with Crippen molar-refractivity contribution in [3.8, 4) is 5.75 Å². The number of benzene rings is 1. The fourth-order valence-electron chi connectivity index (χ4n) is 1.35. The summed E-state index contributed by atoms with van der Waals surface area (Å²) in [4.78, 5) is 0. The number of hydrogen-bond acceptors (Lipinski definition) is 1. The lowest BCUT2D eigenvalue weighted by Crippen LogP contribution is -2.02. The lowest BCUT2D eigenvalue weighted by atomic mass is 10.3. The summed E-state index contributed by atoms with van der Waals surface area (Å²) >= 11 is 0. The van der Waals surface area contributed by atoms with Crippen LogP contribution in [0.3, 0.4) is 0 Å². The van der Waals surface area contributed by atoms with Crippen LogP contribution in [0.5, 0.6) is 5.75 Å². The molecule has 0 bridgehead atoms. The molecule has 0 aliphatic rings. The summed E-state index contributed by atoms with van der Waals surface area (Å²) in [7, 11) is -1.18. The summed E-state index contributed by atoms with van der Waals surface area (Å²) in [5.74, 6) is 1.02. The highest BCUT2D eigenvalue weighted by atomic mass is 35.5. The summed E-state index contributed by atoms with van der Waals surface area (Å²) in [5.41, 5.74) is 0. The predicted octanol–water partition coefficient (Wildman–Crippen LogP) is 4.48. The second-order valence-corrected chi connectivity index (χ2v) is 7.83. The number of halogens is 1. The third-order valence-corrected chi connectivity index (χ3v) is 4.24. The Balaban J connectivity index is 0.00000196. The maximum atomic E-state index is 6.02. The van der Waals surface area contributed by atoms with Gasteiger partial charge in [0.15, 0.2) is 13.2 Å². The molecular weight excluding hydrogens is 227 g/mol. The zero-order valence-electron chi connectivity index (χ0n) is 9.77. The summed E-state index contributed by atoms with van der Waals surface area (Å²) in [6.07, 6.45) is 3.74. The van der Waals surface area contributed by atoms with Gasteiger partial charge in [-0.05, 0) is 18.6 Å². The Morgan fingerprint density at radius 1 is 1.13 bits per heavy atom. The highest BCUT2D eigenvalue weighted by molar-refractivity contribution is 7.70. The molecule has 0 aliphatic heterocycles. The van der Waals surface area contributed by atoms with Crippen LogP contribution in [0.1, 0.15) is 19.8 Å². The summed E-state index contributed by atoms with van der Waals surface area (Å²) in [5, 5.41) is 0. The van der Waals surface area contributed by atoms with Crippen molar-refractivity contribution in [3.05, 3.63) is 30.3 Å². The van der Waals surface area contributed by atoms with E-state index in [9.17, 15) is 0 Å². The maximum Gasteiger partial charge on any atom is 0.185 e. The Hall–Kier alpha value is -0.260. The number of unbranched alkanes of at least 4 members (excludes halogenated alkanes) is 1. The molecular formula is C12H21ClOP+. The predicted molar refractivity (Wildman–Crippen MR) is 72.9 cm³/mol. The third kappa shape index (κ3) is 6.02. The Kier molecular flexibility index (Phi) is 6.96. The summed E-state index contributed by atoms with van der Waals surface area (Å²) in [6, 6.07) is 10.1. The van der Waals surface area contributed by atoms with Gasteiger partial charge in [-0.1, -0.05) is 31.5 Å². The standard InChI is InChI=1S/C12H20OP.ClH/c1-4-5-11-14(2,3)13-12-9-7-6-8-10-12;/h6-10H,4-5,11H2,1-3H3;1H/q+1;. The highest BCUT2D eigenvalue weighted by Crippen LogP contribution is 2.52. The van der Waals surface area contributed by atoms with Crippen molar-refractivity contribution in [3.63, 3.8) is 0 Å². The molecule has 0 atom stereocenters. The molecule has 0 spiro atoms. The number of hydrogen-bond donors (Lipinski definition) is 0. The van der Waals surface area contributed by atoms with E-state index >= 15 is 0 Å². The molecule has 0 unspecified atom stereocenters. The lowest BCUT2D eigenvalue weighted by molar-refractivity contribution is 0.598. The van der Waals surface area contributed by atoms with Crippen LogP contribution in [0.25, 0.3) is 0 Å². The molecule has 1 nitrogen and oxygen atoms in total.